The molecule has 1 unspecified atom stereocenters. The van der Waals surface area contributed by atoms with Crippen molar-refractivity contribution in [3.8, 4) is 0 Å². The molecular formula is C10H22N2O2. The number of nitrogens with two attached hydrogens (primary N) is 2. The maximum Gasteiger partial charge on any atom is 0.328 e. The molecule has 0 amide bonds. The van der Waals surface area contributed by atoms with Crippen LogP contribution in [-0.4, -0.2) is 11.5 Å². The molecular weight excluding hydrogens is 180 g/mol. The molecule has 0 saturated heterocycles. The summed E-state index contributed by atoms with van der Waals surface area (Å²) in [5, 5.41) is 0. The fraction of sp³-hybridized carbons (Fsp3) is 0.900. The number of carbonyl (C=O) groups excluding carboxylic acids is 1. The number of rotatable bonds is 3. The topological polar surface area (TPSA) is 78.3 Å². The van der Waals surface area contributed by atoms with E-state index in [1.54, 1.807) is 0 Å². The van der Waals surface area contributed by atoms with E-state index in [1.807, 2.05) is 34.6 Å². The first kappa shape index (κ1) is 13.4. The highest BCUT2D eigenvalue weighted by molar-refractivity contribution is 5.73. The van der Waals surface area contributed by atoms with Gasteiger partial charge >= 0.3 is 5.97 Å². The molecule has 1 atom stereocenters. The van der Waals surface area contributed by atoms with Crippen LogP contribution in [0.25, 0.3) is 0 Å². The molecule has 0 radical (unpaired) electrons. The summed E-state index contributed by atoms with van der Waals surface area (Å²) >= 11 is 0. The van der Waals surface area contributed by atoms with Crippen molar-refractivity contribution in [3.05, 3.63) is 0 Å². The van der Waals surface area contributed by atoms with Crippen LogP contribution in [0.1, 0.15) is 41.0 Å². The summed E-state index contributed by atoms with van der Waals surface area (Å²) in [5.74, 6) is 4.23. The molecule has 0 rings (SSSR count). The van der Waals surface area contributed by atoms with Crippen molar-refractivity contribution in [1.82, 2.24) is 0 Å². The van der Waals surface area contributed by atoms with Gasteiger partial charge in [-0.1, -0.05) is 20.8 Å². The first-order valence-corrected chi connectivity index (χ1v) is 4.77. The van der Waals surface area contributed by atoms with Crippen molar-refractivity contribution >= 4 is 5.97 Å². The van der Waals surface area contributed by atoms with E-state index in [-0.39, 0.29) is 11.3 Å². The van der Waals surface area contributed by atoms with Crippen LogP contribution in [0, 0.1) is 11.3 Å². The van der Waals surface area contributed by atoms with E-state index in [2.05, 4.69) is 4.84 Å². The molecule has 0 bridgehead atoms. The quantitative estimate of drug-likeness (QED) is 0.674. The Morgan fingerprint density at radius 1 is 1.29 bits per heavy atom. The van der Waals surface area contributed by atoms with Gasteiger partial charge in [-0.25, -0.2) is 0 Å². The lowest BCUT2D eigenvalue weighted by Gasteiger charge is -2.32. The van der Waals surface area contributed by atoms with Crippen LogP contribution in [0.3, 0.4) is 0 Å². The van der Waals surface area contributed by atoms with Gasteiger partial charge in [-0.2, -0.15) is 5.90 Å². The van der Waals surface area contributed by atoms with E-state index < -0.39 is 11.5 Å². The minimum absolute atomic E-state index is 0.187. The van der Waals surface area contributed by atoms with Gasteiger partial charge < -0.3 is 10.6 Å². The first-order valence-electron chi connectivity index (χ1n) is 4.77. The lowest BCUT2D eigenvalue weighted by Crippen LogP contribution is -2.42. The average Bonchev–Trinajstić information content (AvgIpc) is 1.95. The Hall–Kier alpha value is -0.610. The van der Waals surface area contributed by atoms with E-state index in [0.29, 0.717) is 6.42 Å². The standard InChI is InChI=1S/C10H22N2O2/c1-9(2,3)7(8(13)14-12)6-10(4,5)11/h7H,6,11-12H2,1-5H3. The minimum Gasteiger partial charge on any atom is -0.373 e. The Kier molecular flexibility index (Phi) is 4.09. The summed E-state index contributed by atoms with van der Waals surface area (Å²) in [6, 6.07) is 0. The monoisotopic (exact) mass is 202 g/mol. The van der Waals surface area contributed by atoms with Crippen molar-refractivity contribution in [3.63, 3.8) is 0 Å². The van der Waals surface area contributed by atoms with Crippen LogP contribution < -0.4 is 11.6 Å². The van der Waals surface area contributed by atoms with Crippen molar-refractivity contribution in [2.24, 2.45) is 23.0 Å². The van der Waals surface area contributed by atoms with Crippen molar-refractivity contribution in [1.29, 1.82) is 0 Å². The predicted octanol–water partition coefficient (Wildman–Crippen LogP) is 1.19. The molecule has 0 fully saturated rings. The lowest BCUT2D eigenvalue weighted by atomic mass is 9.74. The predicted molar refractivity (Wildman–Crippen MR) is 56.1 cm³/mol. The second-order valence-electron chi connectivity index (χ2n) is 5.55. The Morgan fingerprint density at radius 2 is 1.71 bits per heavy atom. The van der Waals surface area contributed by atoms with E-state index >= 15 is 0 Å². The highest BCUT2D eigenvalue weighted by atomic mass is 16.7. The minimum atomic E-state index is -0.397. The maximum atomic E-state index is 11.4. The zero-order chi connectivity index (χ0) is 11.6. The van der Waals surface area contributed by atoms with Gasteiger partial charge in [0, 0.05) is 5.54 Å². The van der Waals surface area contributed by atoms with E-state index in [0.717, 1.165) is 0 Å². The number of hydrogen-bond acceptors (Lipinski definition) is 4. The van der Waals surface area contributed by atoms with Gasteiger partial charge in [0.05, 0.1) is 5.92 Å². The van der Waals surface area contributed by atoms with Crippen LogP contribution in [-0.2, 0) is 9.63 Å². The zero-order valence-corrected chi connectivity index (χ0v) is 9.76. The maximum absolute atomic E-state index is 11.4. The van der Waals surface area contributed by atoms with E-state index in [1.165, 1.54) is 0 Å². The summed E-state index contributed by atoms with van der Waals surface area (Å²) in [4.78, 5) is 15.7. The van der Waals surface area contributed by atoms with Crippen molar-refractivity contribution in [2.75, 3.05) is 0 Å². The molecule has 0 heterocycles. The van der Waals surface area contributed by atoms with Crippen LogP contribution in [0.15, 0.2) is 0 Å². The molecule has 0 aromatic rings. The summed E-state index contributed by atoms with van der Waals surface area (Å²) in [6.07, 6.45) is 0.562. The van der Waals surface area contributed by atoms with Gasteiger partial charge in [0.2, 0.25) is 0 Å². The molecule has 4 N–H and O–H groups in total. The smallest absolute Gasteiger partial charge is 0.328 e. The van der Waals surface area contributed by atoms with Gasteiger partial charge in [0.25, 0.3) is 0 Å². The zero-order valence-electron chi connectivity index (χ0n) is 9.76. The van der Waals surface area contributed by atoms with Crippen molar-refractivity contribution < 1.29 is 9.63 Å². The SMILES string of the molecule is CC(C)(N)CC(C(=O)ON)C(C)(C)C. The van der Waals surface area contributed by atoms with E-state index in [4.69, 9.17) is 11.6 Å². The molecule has 4 heteroatoms. The third-order valence-electron chi connectivity index (χ3n) is 2.18. The Morgan fingerprint density at radius 3 is 1.93 bits per heavy atom. The Bertz CT molecular complexity index is 201. The Labute approximate surface area is 85.9 Å². The molecule has 0 aromatic carbocycles. The highest BCUT2D eigenvalue weighted by Crippen LogP contribution is 2.32. The number of hydrogen-bond donors (Lipinski definition) is 2. The van der Waals surface area contributed by atoms with E-state index in [9.17, 15) is 4.79 Å². The molecule has 0 aliphatic rings. The number of carbonyl (C=O) groups is 1. The van der Waals surface area contributed by atoms with Crippen LogP contribution in [0.5, 0.6) is 0 Å². The molecule has 14 heavy (non-hydrogen) atoms. The third-order valence-corrected chi connectivity index (χ3v) is 2.18. The Balaban J connectivity index is 4.67. The third kappa shape index (κ3) is 4.58. The molecule has 0 aromatic heterocycles. The van der Waals surface area contributed by atoms with Gasteiger partial charge in [0.15, 0.2) is 0 Å². The molecule has 0 saturated carbocycles. The van der Waals surface area contributed by atoms with Gasteiger partial charge in [-0.05, 0) is 25.7 Å². The summed E-state index contributed by atoms with van der Waals surface area (Å²) < 4.78 is 0. The molecule has 0 spiro atoms. The normalized spacial score (nSPS) is 15.1. The largest absolute Gasteiger partial charge is 0.373 e. The van der Waals surface area contributed by atoms with Gasteiger partial charge in [-0.3, -0.25) is 4.79 Å². The van der Waals surface area contributed by atoms with Crippen LogP contribution in [0.2, 0.25) is 0 Å². The summed E-state index contributed by atoms with van der Waals surface area (Å²) in [7, 11) is 0. The van der Waals surface area contributed by atoms with Crippen molar-refractivity contribution in [2.45, 2.75) is 46.6 Å². The average molecular weight is 202 g/mol. The molecule has 0 aliphatic carbocycles. The second-order valence-corrected chi connectivity index (χ2v) is 5.55. The van der Waals surface area contributed by atoms with Gasteiger partial charge in [-0.15, -0.1) is 0 Å². The van der Waals surface area contributed by atoms with Crippen LogP contribution in [0.4, 0.5) is 0 Å². The first-order chi connectivity index (χ1) is 6.08. The molecule has 4 nitrogen and oxygen atoms in total. The van der Waals surface area contributed by atoms with Crippen LogP contribution >= 0.6 is 0 Å². The lowest BCUT2D eigenvalue weighted by molar-refractivity contribution is -0.154. The fourth-order valence-corrected chi connectivity index (χ4v) is 1.35. The second kappa shape index (κ2) is 4.28. The fourth-order valence-electron chi connectivity index (χ4n) is 1.35. The molecule has 0 aliphatic heterocycles. The summed E-state index contributed by atoms with van der Waals surface area (Å²) in [5.41, 5.74) is 5.29. The molecule has 84 valence electrons. The highest BCUT2D eigenvalue weighted by Gasteiger charge is 2.35. The summed E-state index contributed by atoms with van der Waals surface area (Å²) in [6.45, 7) is 9.69. The van der Waals surface area contributed by atoms with Gasteiger partial charge in [0.1, 0.15) is 0 Å².